The zero-order chi connectivity index (χ0) is 8.39. The molecule has 2 nitrogen and oxygen atoms in total. The molecular formula is C10H14O2. The van der Waals surface area contributed by atoms with E-state index in [2.05, 4.69) is 4.74 Å². The summed E-state index contributed by atoms with van der Waals surface area (Å²) in [6, 6.07) is 0. The van der Waals surface area contributed by atoms with Crippen LogP contribution in [0.4, 0.5) is 0 Å². The largest absolute Gasteiger partial charge is 0.468 e. The molecule has 0 radical (unpaired) electrons. The van der Waals surface area contributed by atoms with Gasteiger partial charge in [-0.15, -0.1) is 0 Å². The molecule has 1 fully saturated rings. The van der Waals surface area contributed by atoms with Crippen molar-refractivity contribution < 1.29 is 9.53 Å². The van der Waals surface area contributed by atoms with Crippen LogP contribution < -0.4 is 0 Å². The van der Waals surface area contributed by atoms with Gasteiger partial charge in [0.25, 0.3) is 6.47 Å². The molecule has 2 bridgehead atoms. The molecule has 2 rings (SSSR count). The van der Waals surface area contributed by atoms with E-state index in [0.717, 1.165) is 12.3 Å². The fraction of sp³-hybridized carbons (Fsp3) is 0.700. The van der Waals surface area contributed by atoms with Crippen LogP contribution in [-0.2, 0) is 9.53 Å². The van der Waals surface area contributed by atoms with Crippen molar-refractivity contribution in [2.24, 2.45) is 5.92 Å². The fourth-order valence-corrected chi connectivity index (χ4v) is 2.43. The van der Waals surface area contributed by atoms with Crippen molar-refractivity contribution >= 4 is 6.47 Å². The molecule has 1 atom stereocenters. The lowest BCUT2D eigenvalue weighted by Crippen LogP contribution is -1.99. The Bertz CT molecular complexity index is 218. The highest BCUT2D eigenvalue weighted by atomic mass is 16.5. The van der Waals surface area contributed by atoms with Crippen molar-refractivity contribution in [2.75, 3.05) is 6.61 Å². The quantitative estimate of drug-likeness (QED) is 0.363. The van der Waals surface area contributed by atoms with Gasteiger partial charge in [-0.3, -0.25) is 4.79 Å². The number of allylic oxidation sites excluding steroid dienone is 1. The van der Waals surface area contributed by atoms with Gasteiger partial charge in [0.2, 0.25) is 0 Å². The number of hydrogen-bond acceptors (Lipinski definition) is 2. The third-order valence-corrected chi connectivity index (χ3v) is 3.01. The maximum Gasteiger partial charge on any atom is 0.293 e. The molecule has 0 amide bonds. The van der Waals surface area contributed by atoms with Crippen LogP contribution in [0, 0.1) is 5.92 Å². The minimum Gasteiger partial charge on any atom is -0.468 e. The Balaban J connectivity index is 1.84. The van der Waals surface area contributed by atoms with E-state index in [0.29, 0.717) is 13.1 Å². The first-order chi connectivity index (χ1) is 5.90. The molecule has 12 heavy (non-hydrogen) atoms. The smallest absolute Gasteiger partial charge is 0.293 e. The van der Waals surface area contributed by atoms with E-state index in [-0.39, 0.29) is 0 Å². The van der Waals surface area contributed by atoms with Crippen molar-refractivity contribution in [1.82, 2.24) is 0 Å². The molecule has 0 spiro atoms. The predicted molar refractivity (Wildman–Crippen MR) is 45.6 cm³/mol. The molecule has 0 saturated heterocycles. The highest BCUT2D eigenvalue weighted by molar-refractivity contribution is 5.37. The maximum atomic E-state index is 9.90. The highest BCUT2D eigenvalue weighted by Gasteiger charge is 2.29. The van der Waals surface area contributed by atoms with Crippen molar-refractivity contribution in [3.05, 3.63) is 11.1 Å². The highest BCUT2D eigenvalue weighted by Crippen LogP contribution is 2.44. The van der Waals surface area contributed by atoms with E-state index in [4.69, 9.17) is 0 Å². The minimum atomic E-state index is 0.540. The first kappa shape index (κ1) is 7.84. The molecule has 0 aromatic carbocycles. The van der Waals surface area contributed by atoms with Gasteiger partial charge >= 0.3 is 0 Å². The van der Waals surface area contributed by atoms with Gasteiger partial charge in [0.15, 0.2) is 0 Å². The number of carbonyl (C=O) groups excluding carboxylic acids is 1. The van der Waals surface area contributed by atoms with E-state index in [9.17, 15) is 4.79 Å². The second-order valence-electron chi connectivity index (χ2n) is 3.74. The second-order valence-corrected chi connectivity index (χ2v) is 3.74. The van der Waals surface area contributed by atoms with Crippen LogP contribution in [-0.4, -0.2) is 13.1 Å². The van der Waals surface area contributed by atoms with Crippen LogP contribution >= 0.6 is 0 Å². The molecule has 2 aliphatic rings. The molecule has 2 heteroatoms. The van der Waals surface area contributed by atoms with E-state index < -0.39 is 0 Å². The summed E-state index contributed by atoms with van der Waals surface area (Å²) in [4.78, 5) is 9.90. The third kappa shape index (κ3) is 1.38. The zero-order valence-electron chi connectivity index (χ0n) is 7.21. The van der Waals surface area contributed by atoms with E-state index in [1.54, 1.807) is 11.1 Å². The second kappa shape index (κ2) is 3.30. The van der Waals surface area contributed by atoms with Crippen LogP contribution in [0.15, 0.2) is 11.1 Å². The summed E-state index contributed by atoms with van der Waals surface area (Å²) in [5, 5.41) is 0. The average molecular weight is 166 g/mol. The summed E-state index contributed by atoms with van der Waals surface area (Å²) in [5.74, 6) is 0.936. The Hall–Kier alpha value is -0.790. The molecule has 0 aliphatic heterocycles. The van der Waals surface area contributed by atoms with Crippen LogP contribution in [0.2, 0.25) is 0 Å². The van der Waals surface area contributed by atoms with Crippen molar-refractivity contribution in [3.63, 3.8) is 0 Å². The zero-order valence-corrected chi connectivity index (χ0v) is 7.21. The van der Waals surface area contributed by atoms with Crippen LogP contribution in [0.25, 0.3) is 0 Å². The Kier molecular flexibility index (Phi) is 2.15. The van der Waals surface area contributed by atoms with Gasteiger partial charge in [-0.05, 0) is 31.6 Å². The van der Waals surface area contributed by atoms with Gasteiger partial charge in [-0.2, -0.15) is 0 Å². The predicted octanol–water partition coefficient (Wildman–Crippen LogP) is 2.05. The summed E-state index contributed by atoms with van der Waals surface area (Å²) in [6.07, 6.45) is 6.28. The molecule has 0 aromatic heterocycles. The third-order valence-electron chi connectivity index (χ3n) is 3.01. The number of hydrogen-bond donors (Lipinski definition) is 0. The van der Waals surface area contributed by atoms with Crippen LogP contribution in [0.3, 0.4) is 0 Å². The Morgan fingerprint density at radius 3 is 3.00 bits per heavy atom. The fourth-order valence-electron chi connectivity index (χ4n) is 2.43. The molecule has 1 unspecified atom stereocenters. The minimum absolute atomic E-state index is 0.540. The number of ether oxygens (including phenoxy) is 1. The molecule has 1 saturated carbocycles. The Labute approximate surface area is 72.6 Å². The molecule has 66 valence electrons. The van der Waals surface area contributed by atoms with E-state index in [1.165, 1.54) is 25.7 Å². The molecule has 0 N–H and O–H groups in total. The van der Waals surface area contributed by atoms with E-state index >= 15 is 0 Å². The summed E-state index contributed by atoms with van der Waals surface area (Å²) >= 11 is 0. The first-order valence-electron chi connectivity index (χ1n) is 4.65. The van der Waals surface area contributed by atoms with Gasteiger partial charge in [0, 0.05) is 6.42 Å². The molecular weight excluding hydrogens is 152 g/mol. The Morgan fingerprint density at radius 1 is 1.50 bits per heavy atom. The maximum absolute atomic E-state index is 9.90. The first-order valence-corrected chi connectivity index (χ1v) is 4.65. The van der Waals surface area contributed by atoms with Gasteiger partial charge in [0.1, 0.15) is 0 Å². The SMILES string of the molecule is O=COCCC1=C2CCC(C1)C2. The van der Waals surface area contributed by atoms with Crippen molar-refractivity contribution in [2.45, 2.75) is 32.1 Å². The standard InChI is InChI=1S/C10H14O2/c11-7-12-4-3-10-6-8-1-2-9(10)5-8/h7-8H,1-6H2. The molecule has 0 heterocycles. The number of rotatable bonds is 4. The lowest BCUT2D eigenvalue weighted by molar-refractivity contribution is -0.128. The van der Waals surface area contributed by atoms with E-state index in [1.807, 2.05) is 0 Å². The lowest BCUT2D eigenvalue weighted by atomic mass is 9.97. The lowest BCUT2D eigenvalue weighted by Gasteiger charge is -2.10. The van der Waals surface area contributed by atoms with Gasteiger partial charge in [-0.25, -0.2) is 0 Å². The Morgan fingerprint density at radius 2 is 2.42 bits per heavy atom. The summed E-state index contributed by atoms with van der Waals surface area (Å²) in [5.41, 5.74) is 3.24. The number of carbonyl (C=O) groups is 1. The number of fused-ring (bicyclic) bond motifs is 2. The summed E-state index contributed by atoms with van der Waals surface area (Å²) in [7, 11) is 0. The topological polar surface area (TPSA) is 26.3 Å². The van der Waals surface area contributed by atoms with Crippen molar-refractivity contribution in [1.29, 1.82) is 0 Å². The van der Waals surface area contributed by atoms with Gasteiger partial charge < -0.3 is 4.74 Å². The van der Waals surface area contributed by atoms with Crippen LogP contribution in [0.1, 0.15) is 32.1 Å². The van der Waals surface area contributed by atoms with Crippen molar-refractivity contribution in [3.8, 4) is 0 Å². The molecule has 0 aromatic rings. The van der Waals surface area contributed by atoms with Gasteiger partial charge in [-0.1, -0.05) is 11.1 Å². The normalized spacial score (nSPS) is 26.5. The average Bonchev–Trinajstić information content (AvgIpc) is 2.65. The van der Waals surface area contributed by atoms with Crippen LogP contribution in [0.5, 0.6) is 0 Å². The molecule has 2 aliphatic carbocycles. The van der Waals surface area contributed by atoms with Gasteiger partial charge in [0.05, 0.1) is 6.61 Å². The summed E-state index contributed by atoms with van der Waals surface area (Å²) in [6.45, 7) is 1.12. The summed E-state index contributed by atoms with van der Waals surface area (Å²) < 4.78 is 4.69. The monoisotopic (exact) mass is 166 g/mol.